The zero-order chi connectivity index (χ0) is 17.1. The van der Waals surface area contributed by atoms with Crippen molar-refractivity contribution in [3.8, 4) is 6.07 Å². The molecule has 3 rings (SSSR count). The third kappa shape index (κ3) is 3.10. The van der Waals surface area contributed by atoms with Crippen molar-refractivity contribution >= 4 is 17.2 Å². The Morgan fingerprint density at radius 2 is 1.92 bits per heavy atom. The fourth-order valence-corrected chi connectivity index (χ4v) is 2.80. The third-order valence-electron chi connectivity index (χ3n) is 4.02. The maximum Gasteiger partial charge on any atom is 0.270 e. The lowest BCUT2D eigenvalue weighted by Gasteiger charge is -2.37. The van der Waals surface area contributed by atoms with Gasteiger partial charge in [-0.25, -0.2) is 9.97 Å². The average Bonchev–Trinajstić information content (AvgIpc) is 2.61. The summed E-state index contributed by atoms with van der Waals surface area (Å²) in [5, 5.41) is 20.1. The van der Waals surface area contributed by atoms with Crippen LogP contribution in [-0.4, -0.2) is 41.1 Å². The number of rotatable bonds is 3. The van der Waals surface area contributed by atoms with Crippen molar-refractivity contribution in [3.05, 3.63) is 52.0 Å². The van der Waals surface area contributed by atoms with Crippen LogP contribution in [0.25, 0.3) is 0 Å². The molecule has 1 aromatic heterocycles. The Hall–Kier alpha value is -3.21. The number of aryl methyl sites for hydroxylation is 1. The van der Waals surface area contributed by atoms with Crippen LogP contribution in [0.1, 0.15) is 11.4 Å². The molecule has 0 amide bonds. The van der Waals surface area contributed by atoms with Crippen LogP contribution in [0.3, 0.4) is 0 Å². The molecular weight excluding hydrogens is 308 g/mol. The standard InChI is InChI=1S/C16H16N6O2/c1-12-18-5-4-16(19-12)21-8-6-20(7-9-21)15-3-2-14(22(23)24)10-13(15)11-17/h2-5,10H,6-9H2,1H3. The van der Waals surface area contributed by atoms with E-state index in [9.17, 15) is 15.4 Å². The van der Waals surface area contributed by atoms with Gasteiger partial charge in [0.1, 0.15) is 17.7 Å². The molecule has 1 saturated heterocycles. The molecular formula is C16H16N6O2. The van der Waals surface area contributed by atoms with Gasteiger partial charge in [0.15, 0.2) is 0 Å². The zero-order valence-corrected chi connectivity index (χ0v) is 13.2. The molecule has 2 heterocycles. The molecule has 0 spiro atoms. The number of nitriles is 1. The van der Waals surface area contributed by atoms with Crippen LogP contribution in [0.2, 0.25) is 0 Å². The van der Waals surface area contributed by atoms with E-state index in [2.05, 4.69) is 25.8 Å². The Bertz CT molecular complexity index is 808. The predicted octanol–water partition coefficient (Wildman–Crippen LogP) is 1.89. The summed E-state index contributed by atoms with van der Waals surface area (Å²) < 4.78 is 0. The first-order valence-corrected chi connectivity index (χ1v) is 7.56. The van der Waals surface area contributed by atoms with Crippen LogP contribution in [-0.2, 0) is 0 Å². The van der Waals surface area contributed by atoms with Gasteiger partial charge < -0.3 is 9.80 Å². The minimum absolute atomic E-state index is 0.0644. The molecule has 0 N–H and O–H groups in total. The number of hydrogen-bond donors (Lipinski definition) is 0. The van der Waals surface area contributed by atoms with Crippen LogP contribution in [0, 0.1) is 28.4 Å². The number of non-ortho nitro benzene ring substituents is 1. The number of hydrogen-bond acceptors (Lipinski definition) is 7. The molecule has 0 aliphatic carbocycles. The molecule has 0 atom stereocenters. The van der Waals surface area contributed by atoms with Gasteiger partial charge in [0.25, 0.3) is 5.69 Å². The number of benzene rings is 1. The molecule has 1 aliphatic rings. The SMILES string of the molecule is Cc1nccc(N2CCN(c3ccc([N+](=O)[O-])cc3C#N)CC2)n1. The zero-order valence-electron chi connectivity index (χ0n) is 13.2. The second kappa shape index (κ2) is 6.50. The second-order valence-corrected chi connectivity index (χ2v) is 5.51. The van der Waals surface area contributed by atoms with Crippen LogP contribution >= 0.6 is 0 Å². The summed E-state index contributed by atoms with van der Waals surface area (Å²) in [5.74, 6) is 1.63. The summed E-state index contributed by atoms with van der Waals surface area (Å²) in [6, 6.07) is 8.37. The van der Waals surface area contributed by atoms with Gasteiger partial charge in [-0.05, 0) is 19.1 Å². The number of nitro benzene ring substituents is 1. The molecule has 0 saturated carbocycles. The Morgan fingerprint density at radius 1 is 1.21 bits per heavy atom. The summed E-state index contributed by atoms with van der Waals surface area (Å²) in [7, 11) is 0. The fourth-order valence-electron chi connectivity index (χ4n) is 2.80. The summed E-state index contributed by atoms with van der Waals surface area (Å²) in [6.07, 6.45) is 1.74. The van der Waals surface area contributed by atoms with Gasteiger partial charge in [-0.1, -0.05) is 0 Å². The summed E-state index contributed by atoms with van der Waals surface area (Å²) in [4.78, 5) is 23.1. The molecule has 8 heteroatoms. The van der Waals surface area contributed by atoms with Crippen molar-refractivity contribution in [1.29, 1.82) is 5.26 Å². The minimum atomic E-state index is -0.486. The Morgan fingerprint density at radius 3 is 2.54 bits per heavy atom. The molecule has 1 aliphatic heterocycles. The minimum Gasteiger partial charge on any atom is -0.367 e. The van der Waals surface area contributed by atoms with E-state index in [1.165, 1.54) is 12.1 Å². The lowest BCUT2D eigenvalue weighted by atomic mass is 10.1. The normalized spacial score (nSPS) is 14.3. The molecule has 2 aromatic rings. The van der Waals surface area contributed by atoms with Gasteiger partial charge >= 0.3 is 0 Å². The highest BCUT2D eigenvalue weighted by Gasteiger charge is 2.21. The number of aromatic nitrogens is 2. The van der Waals surface area contributed by atoms with E-state index >= 15 is 0 Å². The van der Waals surface area contributed by atoms with E-state index in [4.69, 9.17) is 0 Å². The van der Waals surface area contributed by atoms with E-state index < -0.39 is 4.92 Å². The summed E-state index contributed by atoms with van der Waals surface area (Å²) in [5.41, 5.74) is 1.00. The number of nitro groups is 1. The van der Waals surface area contributed by atoms with Crippen molar-refractivity contribution in [3.63, 3.8) is 0 Å². The highest BCUT2D eigenvalue weighted by atomic mass is 16.6. The number of nitrogens with zero attached hydrogens (tertiary/aromatic N) is 6. The predicted molar refractivity (Wildman–Crippen MR) is 89.0 cm³/mol. The van der Waals surface area contributed by atoms with Gasteiger partial charge in [-0.15, -0.1) is 0 Å². The van der Waals surface area contributed by atoms with E-state index in [-0.39, 0.29) is 5.69 Å². The van der Waals surface area contributed by atoms with E-state index in [1.54, 1.807) is 12.3 Å². The van der Waals surface area contributed by atoms with Gasteiger partial charge in [0.05, 0.1) is 16.2 Å². The van der Waals surface area contributed by atoms with Gasteiger partial charge in [-0.2, -0.15) is 5.26 Å². The molecule has 8 nitrogen and oxygen atoms in total. The number of piperazine rings is 1. The van der Waals surface area contributed by atoms with Crippen molar-refractivity contribution in [1.82, 2.24) is 9.97 Å². The van der Waals surface area contributed by atoms with Crippen LogP contribution in [0.15, 0.2) is 30.5 Å². The van der Waals surface area contributed by atoms with Gasteiger partial charge in [0.2, 0.25) is 0 Å². The quantitative estimate of drug-likeness (QED) is 0.628. The average molecular weight is 324 g/mol. The van der Waals surface area contributed by atoms with Gasteiger partial charge in [0, 0.05) is 44.5 Å². The van der Waals surface area contributed by atoms with Crippen molar-refractivity contribution in [2.45, 2.75) is 6.92 Å². The van der Waals surface area contributed by atoms with Crippen LogP contribution in [0.4, 0.5) is 17.2 Å². The van der Waals surface area contributed by atoms with Gasteiger partial charge in [-0.3, -0.25) is 10.1 Å². The lowest BCUT2D eigenvalue weighted by molar-refractivity contribution is -0.384. The Balaban J connectivity index is 1.75. The van der Waals surface area contributed by atoms with Crippen molar-refractivity contribution < 1.29 is 4.92 Å². The van der Waals surface area contributed by atoms with Crippen LogP contribution in [0.5, 0.6) is 0 Å². The number of anilines is 2. The van der Waals surface area contributed by atoms with Crippen molar-refractivity contribution in [2.24, 2.45) is 0 Å². The first-order chi connectivity index (χ1) is 11.6. The summed E-state index contributed by atoms with van der Waals surface area (Å²) in [6.45, 7) is 4.82. The monoisotopic (exact) mass is 324 g/mol. The topological polar surface area (TPSA) is 99.2 Å². The van der Waals surface area contributed by atoms with E-state index in [1.807, 2.05) is 13.0 Å². The highest BCUT2D eigenvalue weighted by molar-refractivity contribution is 5.63. The van der Waals surface area contributed by atoms with E-state index in [0.717, 1.165) is 43.5 Å². The maximum absolute atomic E-state index is 10.8. The van der Waals surface area contributed by atoms with Crippen molar-refractivity contribution in [2.75, 3.05) is 36.0 Å². The maximum atomic E-state index is 10.8. The fraction of sp³-hybridized carbons (Fsp3) is 0.312. The first kappa shape index (κ1) is 15.7. The molecule has 1 fully saturated rings. The molecule has 0 bridgehead atoms. The molecule has 0 unspecified atom stereocenters. The lowest BCUT2D eigenvalue weighted by Crippen LogP contribution is -2.47. The first-order valence-electron chi connectivity index (χ1n) is 7.56. The summed E-state index contributed by atoms with van der Waals surface area (Å²) >= 11 is 0. The molecule has 122 valence electrons. The van der Waals surface area contributed by atoms with Crippen LogP contribution < -0.4 is 9.80 Å². The Kier molecular flexibility index (Phi) is 4.24. The molecule has 0 radical (unpaired) electrons. The molecule has 24 heavy (non-hydrogen) atoms. The largest absolute Gasteiger partial charge is 0.367 e. The Labute approximate surface area is 139 Å². The third-order valence-corrected chi connectivity index (χ3v) is 4.02. The smallest absolute Gasteiger partial charge is 0.270 e. The molecule has 1 aromatic carbocycles. The second-order valence-electron chi connectivity index (χ2n) is 5.51. The van der Waals surface area contributed by atoms with E-state index in [0.29, 0.717) is 5.56 Å². The highest BCUT2D eigenvalue weighted by Crippen LogP contribution is 2.26.